The van der Waals surface area contributed by atoms with Crippen molar-refractivity contribution >= 4 is 21.6 Å². The summed E-state index contributed by atoms with van der Waals surface area (Å²) in [7, 11) is 1.72. The Morgan fingerprint density at radius 2 is 2.35 bits per heavy atom. The Labute approximate surface area is 128 Å². The lowest BCUT2D eigenvalue weighted by Gasteiger charge is -2.28. The second-order valence-corrected chi connectivity index (χ2v) is 5.96. The molecule has 5 heteroatoms. The molecule has 1 aromatic carbocycles. The number of benzene rings is 1. The SMILES string of the molecule is COCCN(CC1CCCN1)c1cc(Br)cc(C#N)c1. The number of nitrogens with zero attached hydrogens (tertiary/aromatic N) is 2. The minimum absolute atomic E-state index is 0.524. The van der Waals surface area contributed by atoms with E-state index in [4.69, 9.17) is 10.00 Å². The molecule has 4 nitrogen and oxygen atoms in total. The molecular formula is C15H20BrN3O. The number of halogens is 1. The highest BCUT2D eigenvalue weighted by atomic mass is 79.9. The van der Waals surface area contributed by atoms with Crippen molar-refractivity contribution in [2.24, 2.45) is 0 Å². The smallest absolute Gasteiger partial charge is 0.0992 e. The van der Waals surface area contributed by atoms with Crippen LogP contribution in [0.5, 0.6) is 0 Å². The Hall–Kier alpha value is -1.09. The van der Waals surface area contributed by atoms with Gasteiger partial charge in [-0.3, -0.25) is 0 Å². The predicted octanol–water partition coefficient (Wildman–Crippen LogP) is 2.53. The van der Waals surface area contributed by atoms with Crippen LogP contribution in [0, 0.1) is 11.3 Å². The Kier molecular flexibility index (Phi) is 5.84. The van der Waals surface area contributed by atoms with E-state index >= 15 is 0 Å². The van der Waals surface area contributed by atoms with Crippen LogP contribution < -0.4 is 10.2 Å². The highest BCUT2D eigenvalue weighted by Crippen LogP contribution is 2.23. The molecule has 1 unspecified atom stereocenters. The average Bonchev–Trinajstić information content (AvgIpc) is 2.95. The lowest BCUT2D eigenvalue weighted by atomic mass is 10.1. The molecule has 1 aromatic rings. The van der Waals surface area contributed by atoms with Crippen LogP contribution in [0.15, 0.2) is 22.7 Å². The van der Waals surface area contributed by atoms with Crippen molar-refractivity contribution in [3.8, 4) is 6.07 Å². The van der Waals surface area contributed by atoms with Gasteiger partial charge in [0.1, 0.15) is 0 Å². The molecular weight excluding hydrogens is 318 g/mol. The normalized spacial score (nSPS) is 17.9. The van der Waals surface area contributed by atoms with Crippen LogP contribution in [0.2, 0.25) is 0 Å². The topological polar surface area (TPSA) is 48.3 Å². The van der Waals surface area contributed by atoms with E-state index in [0.717, 1.165) is 29.8 Å². The molecule has 1 saturated heterocycles. The van der Waals surface area contributed by atoms with Crippen LogP contribution >= 0.6 is 15.9 Å². The molecule has 0 saturated carbocycles. The molecule has 20 heavy (non-hydrogen) atoms. The van der Waals surface area contributed by atoms with Crippen molar-refractivity contribution in [1.29, 1.82) is 5.26 Å². The van der Waals surface area contributed by atoms with Crippen molar-refractivity contribution in [1.82, 2.24) is 5.32 Å². The van der Waals surface area contributed by atoms with Crippen molar-refractivity contribution < 1.29 is 4.74 Å². The van der Waals surface area contributed by atoms with Crippen LogP contribution in [0.4, 0.5) is 5.69 Å². The first-order valence-electron chi connectivity index (χ1n) is 6.91. The fourth-order valence-electron chi connectivity index (χ4n) is 2.53. The zero-order valence-corrected chi connectivity index (χ0v) is 13.3. The van der Waals surface area contributed by atoms with Crippen LogP contribution in [0.1, 0.15) is 18.4 Å². The molecule has 0 aromatic heterocycles. The first-order valence-corrected chi connectivity index (χ1v) is 7.70. The summed E-state index contributed by atoms with van der Waals surface area (Å²) < 4.78 is 6.14. The number of anilines is 1. The lowest BCUT2D eigenvalue weighted by molar-refractivity contribution is 0.204. The molecule has 1 aliphatic heterocycles. The third kappa shape index (κ3) is 4.20. The zero-order chi connectivity index (χ0) is 14.4. The second-order valence-electron chi connectivity index (χ2n) is 5.04. The summed E-state index contributed by atoms with van der Waals surface area (Å²) in [5, 5.41) is 12.6. The predicted molar refractivity (Wildman–Crippen MR) is 84.0 cm³/mol. The molecule has 1 fully saturated rings. The number of methoxy groups -OCH3 is 1. The van der Waals surface area contributed by atoms with Gasteiger partial charge in [0.2, 0.25) is 0 Å². The summed E-state index contributed by atoms with van der Waals surface area (Å²) in [6.45, 7) is 3.56. The number of nitriles is 1. The summed E-state index contributed by atoms with van der Waals surface area (Å²) in [5.41, 5.74) is 1.75. The molecule has 1 N–H and O–H groups in total. The van der Waals surface area contributed by atoms with E-state index in [0.29, 0.717) is 18.2 Å². The van der Waals surface area contributed by atoms with E-state index in [2.05, 4.69) is 38.3 Å². The van der Waals surface area contributed by atoms with Crippen LogP contribution in [-0.4, -0.2) is 39.4 Å². The minimum Gasteiger partial charge on any atom is -0.383 e. The van der Waals surface area contributed by atoms with E-state index < -0.39 is 0 Å². The number of rotatable bonds is 6. The number of nitrogens with one attached hydrogen (secondary N) is 1. The summed E-state index contributed by atoms with van der Waals surface area (Å²) in [5.74, 6) is 0. The van der Waals surface area contributed by atoms with Gasteiger partial charge in [0.05, 0.1) is 18.2 Å². The molecule has 0 aliphatic carbocycles. The molecule has 108 valence electrons. The highest BCUT2D eigenvalue weighted by Gasteiger charge is 2.18. The summed E-state index contributed by atoms with van der Waals surface area (Å²) in [6, 6.07) is 8.57. The van der Waals surface area contributed by atoms with Crippen molar-refractivity contribution in [3.63, 3.8) is 0 Å². The van der Waals surface area contributed by atoms with E-state index in [1.807, 2.05) is 12.1 Å². The molecule has 1 atom stereocenters. The maximum Gasteiger partial charge on any atom is 0.0992 e. The van der Waals surface area contributed by atoms with Crippen molar-refractivity contribution in [3.05, 3.63) is 28.2 Å². The minimum atomic E-state index is 0.524. The lowest BCUT2D eigenvalue weighted by Crippen LogP contribution is -2.39. The standard InChI is InChI=1S/C15H20BrN3O/c1-20-6-5-19(11-14-3-2-4-18-14)15-8-12(10-17)7-13(16)9-15/h7-9,14,18H,2-6,11H2,1H3. The van der Waals surface area contributed by atoms with E-state index in [9.17, 15) is 0 Å². The van der Waals surface area contributed by atoms with Gasteiger partial charge in [-0.25, -0.2) is 0 Å². The number of ether oxygens (including phenoxy) is 1. The maximum atomic E-state index is 9.10. The van der Waals surface area contributed by atoms with Gasteiger partial charge in [-0.2, -0.15) is 5.26 Å². The Balaban J connectivity index is 2.15. The van der Waals surface area contributed by atoms with Gasteiger partial charge in [0, 0.05) is 36.4 Å². The Morgan fingerprint density at radius 3 is 3.00 bits per heavy atom. The second kappa shape index (κ2) is 7.63. The molecule has 1 aliphatic rings. The van der Waals surface area contributed by atoms with E-state index in [1.54, 1.807) is 7.11 Å². The fraction of sp³-hybridized carbons (Fsp3) is 0.533. The first kappa shape index (κ1) is 15.3. The van der Waals surface area contributed by atoms with Gasteiger partial charge >= 0.3 is 0 Å². The Morgan fingerprint density at radius 1 is 1.50 bits per heavy atom. The number of hydrogen-bond acceptors (Lipinski definition) is 4. The third-order valence-electron chi connectivity index (χ3n) is 3.55. The first-order chi connectivity index (χ1) is 9.72. The summed E-state index contributed by atoms with van der Waals surface area (Å²) >= 11 is 3.48. The van der Waals surface area contributed by atoms with Gasteiger partial charge in [-0.15, -0.1) is 0 Å². The van der Waals surface area contributed by atoms with E-state index in [1.165, 1.54) is 12.8 Å². The molecule has 0 radical (unpaired) electrons. The van der Waals surface area contributed by atoms with Crippen LogP contribution in [-0.2, 0) is 4.74 Å². The highest BCUT2D eigenvalue weighted by molar-refractivity contribution is 9.10. The average molecular weight is 338 g/mol. The molecule has 0 spiro atoms. The molecule has 2 rings (SSSR count). The largest absolute Gasteiger partial charge is 0.383 e. The third-order valence-corrected chi connectivity index (χ3v) is 4.00. The fourth-order valence-corrected chi connectivity index (χ4v) is 3.01. The van der Waals surface area contributed by atoms with Crippen molar-refractivity contribution in [2.75, 3.05) is 38.3 Å². The Bertz CT molecular complexity index is 480. The zero-order valence-electron chi connectivity index (χ0n) is 11.7. The summed E-state index contributed by atoms with van der Waals surface area (Å²) in [6.07, 6.45) is 2.45. The molecule has 1 heterocycles. The van der Waals surface area contributed by atoms with E-state index in [-0.39, 0.29) is 0 Å². The molecule has 0 amide bonds. The number of hydrogen-bond donors (Lipinski definition) is 1. The molecule has 0 bridgehead atoms. The summed E-state index contributed by atoms with van der Waals surface area (Å²) in [4.78, 5) is 2.29. The van der Waals surface area contributed by atoms with Crippen LogP contribution in [0.25, 0.3) is 0 Å². The van der Waals surface area contributed by atoms with Gasteiger partial charge in [0.25, 0.3) is 0 Å². The quantitative estimate of drug-likeness (QED) is 0.866. The van der Waals surface area contributed by atoms with Gasteiger partial charge in [0.15, 0.2) is 0 Å². The van der Waals surface area contributed by atoms with Crippen LogP contribution in [0.3, 0.4) is 0 Å². The maximum absolute atomic E-state index is 9.10. The monoisotopic (exact) mass is 337 g/mol. The van der Waals surface area contributed by atoms with Gasteiger partial charge < -0.3 is 15.0 Å². The van der Waals surface area contributed by atoms with Gasteiger partial charge in [-0.05, 0) is 37.6 Å². The van der Waals surface area contributed by atoms with Crippen molar-refractivity contribution in [2.45, 2.75) is 18.9 Å². The van der Waals surface area contributed by atoms with Gasteiger partial charge in [-0.1, -0.05) is 15.9 Å².